The third-order valence-corrected chi connectivity index (χ3v) is 5.73. The van der Waals surface area contributed by atoms with Crippen LogP contribution in [0.4, 0.5) is 0 Å². The van der Waals surface area contributed by atoms with Gasteiger partial charge in [-0.15, -0.1) is 0 Å². The molecule has 2 heterocycles. The fourth-order valence-electron chi connectivity index (χ4n) is 3.93. The zero-order chi connectivity index (χ0) is 22.5. The highest BCUT2D eigenvalue weighted by Gasteiger charge is 2.46. The van der Waals surface area contributed by atoms with Crippen LogP contribution in [0, 0.1) is 6.92 Å². The summed E-state index contributed by atoms with van der Waals surface area (Å²) in [4.78, 5) is 34.1. The Morgan fingerprint density at radius 3 is 2.52 bits per heavy atom. The smallest absolute Gasteiger partial charge is 0.295 e. The van der Waals surface area contributed by atoms with Crippen LogP contribution in [0.1, 0.15) is 36.7 Å². The summed E-state index contributed by atoms with van der Waals surface area (Å²) in [5, 5.41) is 11.1. The van der Waals surface area contributed by atoms with Gasteiger partial charge in [0.05, 0.1) is 18.4 Å². The molecule has 2 aromatic rings. The summed E-state index contributed by atoms with van der Waals surface area (Å²) in [6.07, 6.45) is 1.62. The average Bonchev–Trinajstić information content (AvgIpc) is 3.04. The Labute approximate surface area is 183 Å². The second-order valence-electron chi connectivity index (χ2n) is 7.46. The summed E-state index contributed by atoms with van der Waals surface area (Å²) in [7, 11) is 1.57. The summed E-state index contributed by atoms with van der Waals surface area (Å²) in [5.74, 6) is -0.835. The molecule has 3 rings (SSSR count). The van der Waals surface area contributed by atoms with E-state index < -0.39 is 17.7 Å². The lowest BCUT2D eigenvalue weighted by molar-refractivity contribution is -0.140. The van der Waals surface area contributed by atoms with Gasteiger partial charge in [0.25, 0.3) is 11.7 Å². The normalized spacial score (nSPS) is 18.1. The average molecular weight is 424 g/mol. The van der Waals surface area contributed by atoms with Gasteiger partial charge in [-0.2, -0.15) is 0 Å². The Kier molecular flexibility index (Phi) is 7.07. The summed E-state index contributed by atoms with van der Waals surface area (Å²) in [5.41, 5.74) is 1.89. The number of Topliss-reactive ketones (excluding diaryl/α,β-unsaturated/α-hetero) is 1. The molecule has 1 atom stereocenters. The van der Waals surface area contributed by atoms with Crippen molar-refractivity contribution in [3.8, 4) is 5.75 Å². The molecule has 1 amide bonds. The molecule has 1 aliphatic rings. The number of aromatic nitrogens is 1. The van der Waals surface area contributed by atoms with Crippen molar-refractivity contribution in [1.29, 1.82) is 0 Å². The molecule has 0 aliphatic carbocycles. The standard InChI is InChI=1S/C24H29N3O4/c1-5-26(6-2)13-14-27-21(18-9-7-8-12-25-18)20(23(29)24(27)30)22(28)17-10-11-19(31-4)16(3)15-17/h7-12,15,21,28H,5-6,13-14H2,1-4H3/b22-20+. The highest BCUT2D eigenvalue weighted by atomic mass is 16.5. The number of likely N-dealkylation sites (N-methyl/N-ethyl adjacent to an activating group) is 1. The number of carbonyl (C=O) groups excluding carboxylic acids is 2. The first kappa shape index (κ1) is 22.5. The van der Waals surface area contributed by atoms with E-state index in [-0.39, 0.29) is 11.3 Å². The van der Waals surface area contributed by atoms with Crippen molar-refractivity contribution in [2.24, 2.45) is 0 Å². The van der Waals surface area contributed by atoms with Crippen LogP contribution in [-0.4, -0.2) is 64.9 Å². The van der Waals surface area contributed by atoms with Crippen LogP contribution < -0.4 is 4.74 Å². The summed E-state index contributed by atoms with van der Waals surface area (Å²) in [6, 6.07) is 9.78. The van der Waals surface area contributed by atoms with Crippen molar-refractivity contribution < 1.29 is 19.4 Å². The molecule has 31 heavy (non-hydrogen) atoms. The Bertz CT molecular complexity index is 984. The number of ether oxygens (including phenoxy) is 1. The minimum absolute atomic E-state index is 0.0628. The van der Waals surface area contributed by atoms with E-state index in [0.717, 1.165) is 18.7 Å². The maximum atomic E-state index is 13.0. The molecule has 164 valence electrons. The molecule has 0 bridgehead atoms. The third-order valence-electron chi connectivity index (χ3n) is 5.73. The number of hydrogen-bond donors (Lipinski definition) is 1. The Balaban J connectivity index is 2.08. The van der Waals surface area contributed by atoms with E-state index in [0.29, 0.717) is 30.1 Å². The Morgan fingerprint density at radius 2 is 1.94 bits per heavy atom. The van der Waals surface area contributed by atoms with E-state index >= 15 is 0 Å². The number of amides is 1. The molecule has 7 heteroatoms. The lowest BCUT2D eigenvalue weighted by Gasteiger charge is -2.27. The summed E-state index contributed by atoms with van der Waals surface area (Å²) >= 11 is 0. The molecule has 1 aromatic heterocycles. The van der Waals surface area contributed by atoms with E-state index in [1.54, 1.807) is 43.6 Å². The van der Waals surface area contributed by atoms with E-state index in [2.05, 4.69) is 23.7 Å². The van der Waals surface area contributed by atoms with Gasteiger partial charge in [0, 0.05) is 24.8 Å². The topological polar surface area (TPSA) is 83.0 Å². The first-order valence-electron chi connectivity index (χ1n) is 10.5. The number of aliphatic hydroxyl groups excluding tert-OH is 1. The van der Waals surface area contributed by atoms with Crippen molar-refractivity contribution in [2.45, 2.75) is 26.8 Å². The number of likely N-dealkylation sites (tertiary alicyclic amines) is 1. The molecule has 1 aliphatic heterocycles. The molecular weight excluding hydrogens is 394 g/mol. The molecule has 7 nitrogen and oxygen atoms in total. The van der Waals surface area contributed by atoms with Gasteiger partial charge in [0.15, 0.2) is 0 Å². The number of nitrogens with zero attached hydrogens (tertiary/aromatic N) is 3. The summed E-state index contributed by atoms with van der Waals surface area (Å²) < 4.78 is 5.28. The van der Waals surface area contributed by atoms with Gasteiger partial charge in [-0.3, -0.25) is 14.6 Å². The monoisotopic (exact) mass is 423 g/mol. The highest BCUT2D eigenvalue weighted by molar-refractivity contribution is 6.46. The molecule has 1 aromatic carbocycles. The minimum Gasteiger partial charge on any atom is -0.507 e. The van der Waals surface area contributed by atoms with Crippen LogP contribution in [0.5, 0.6) is 5.75 Å². The largest absolute Gasteiger partial charge is 0.507 e. The quantitative estimate of drug-likeness (QED) is 0.399. The fraction of sp³-hybridized carbons (Fsp3) is 0.375. The molecule has 1 fully saturated rings. The van der Waals surface area contributed by atoms with E-state index in [4.69, 9.17) is 4.74 Å². The second kappa shape index (κ2) is 9.75. The summed E-state index contributed by atoms with van der Waals surface area (Å²) in [6.45, 7) is 8.66. The van der Waals surface area contributed by atoms with Crippen LogP contribution >= 0.6 is 0 Å². The molecule has 1 N–H and O–H groups in total. The predicted octanol–water partition coefficient (Wildman–Crippen LogP) is 3.16. The number of pyridine rings is 1. The van der Waals surface area contributed by atoms with Crippen LogP contribution in [0.15, 0.2) is 48.2 Å². The number of aliphatic hydroxyl groups is 1. The van der Waals surface area contributed by atoms with Crippen LogP contribution in [0.2, 0.25) is 0 Å². The van der Waals surface area contributed by atoms with Gasteiger partial charge in [-0.1, -0.05) is 19.9 Å². The maximum Gasteiger partial charge on any atom is 0.295 e. The SMILES string of the molecule is CCN(CC)CCN1C(=O)C(=O)/C(=C(/O)c2ccc(OC)c(C)c2)C1c1ccccn1. The fourth-order valence-corrected chi connectivity index (χ4v) is 3.93. The molecule has 0 spiro atoms. The van der Waals surface area contributed by atoms with Crippen molar-refractivity contribution in [3.05, 3.63) is 65.0 Å². The Morgan fingerprint density at radius 1 is 1.19 bits per heavy atom. The third kappa shape index (κ3) is 4.46. The molecule has 0 saturated carbocycles. The van der Waals surface area contributed by atoms with Gasteiger partial charge >= 0.3 is 0 Å². The number of benzene rings is 1. The molecule has 0 radical (unpaired) electrons. The number of carbonyl (C=O) groups is 2. The highest BCUT2D eigenvalue weighted by Crippen LogP contribution is 2.38. The van der Waals surface area contributed by atoms with Crippen molar-refractivity contribution in [2.75, 3.05) is 33.3 Å². The van der Waals surface area contributed by atoms with E-state index in [1.165, 1.54) is 4.90 Å². The van der Waals surface area contributed by atoms with Gasteiger partial charge in [-0.05, 0) is 55.9 Å². The van der Waals surface area contributed by atoms with E-state index in [1.807, 2.05) is 13.0 Å². The van der Waals surface area contributed by atoms with Crippen LogP contribution in [0.3, 0.4) is 0 Å². The van der Waals surface area contributed by atoms with Crippen molar-refractivity contribution in [3.63, 3.8) is 0 Å². The van der Waals surface area contributed by atoms with Crippen LogP contribution in [-0.2, 0) is 9.59 Å². The zero-order valence-corrected chi connectivity index (χ0v) is 18.5. The predicted molar refractivity (Wildman–Crippen MR) is 119 cm³/mol. The lowest BCUT2D eigenvalue weighted by atomic mass is 9.97. The first-order chi connectivity index (χ1) is 14.9. The maximum absolute atomic E-state index is 13.0. The van der Waals surface area contributed by atoms with E-state index in [9.17, 15) is 14.7 Å². The number of rotatable bonds is 8. The number of hydrogen-bond acceptors (Lipinski definition) is 6. The first-order valence-corrected chi connectivity index (χ1v) is 10.5. The number of aryl methyl sites for hydroxylation is 1. The Hall–Kier alpha value is -3.19. The van der Waals surface area contributed by atoms with Gasteiger partial charge in [-0.25, -0.2) is 0 Å². The lowest BCUT2D eigenvalue weighted by Crippen LogP contribution is -2.38. The minimum atomic E-state index is -0.737. The number of methoxy groups -OCH3 is 1. The van der Waals surface area contributed by atoms with Crippen LogP contribution in [0.25, 0.3) is 5.76 Å². The molecule has 1 unspecified atom stereocenters. The van der Waals surface area contributed by atoms with Crippen molar-refractivity contribution >= 4 is 17.4 Å². The number of ketones is 1. The molecule has 1 saturated heterocycles. The van der Waals surface area contributed by atoms with Gasteiger partial charge in [0.2, 0.25) is 0 Å². The second-order valence-corrected chi connectivity index (χ2v) is 7.46. The zero-order valence-electron chi connectivity index (χ0n) is 18.5. The van der Waals surface area contributed by atoms with Gasteiger partial charge < -0.3 is 19.6 Å². The van der Waals surface area contributed by atoms with Gasteiger partial charge in [0.1, 0.15) is 17.6 Å². The molecular formula is C24H29N3O4. The van der Waals surface area contributed by atoms with Crippen molar-refractivity contribution in [1.82, 2.24) is 14.8 Å².